The van der Waals surface area contributed by atoms with Crippen LogP contribution in [0.2, 0.25) is 0 Å². The van der Waals surface area contributed by atoms with Crippen molar-refractivity contribution in [2.75, 3.05) is 19.7 Å². The van der Waals surface area contributed by atoms with Gasteiger partial charge in [-0.3, -0.25) is 4.79 Å². The zero-order valence-electron chi connectivity index (χ0n) is 12.9. The molecule has 0 spiro atoms. The number of nitrogens with one attached hydrogen (secondary N) is 1. The van der Waals surface area contributed by atoms with Gasteiger partial charge in [0, 0.05) is 6.54 Å². The summed E-state index contributed by atoms with van der Waals surface area (Å²) >= 11 is 0. The highest BCUT2D eigenvalue weighted by molar-refractivity contribution is 6.04. The summed E-state index contributed by atoms with van der Waals surface area (Å²) in [5.74, 6) is -0.682. The summed E-state index contributed by atoms with van der Waals surface area (Å²) in [7, 11) is 0. The summed E-state index contributed by atoms with van der Waals surface area (Å²) < 4.78 is 19.6. The molecule has 5 nitrogen and oxygen atoms in total. The van der Waals surface area contributed by atoms with Crippen LogP contribution in [0.1, 0.15) is 22.0 Å². The van der Waals surface area contributed by atoms with Gasteiger partial charge < -0.3 is 14.6 Å². The molecule has 6 heteroatoms. The van der Waals surface area contributed by atoms with E-state index in [2.05, 4.69) is 9.97 Å². The van der Waals surface area contributed by atoms with Crippen LogP contribution in [0, 0.1) is 5.82 Å². The first-order chi connectivity index (χ1) is 11.7. The van der Waals surface area contributed by atoms with Crippen molar-refractivity contribution in [3.05, 3.63) is 65.7 Å². The van der Waals surface area contributed by atoms with Gasteiger partial charge in [-0.15, -0.1) is 0 Å². The maximum absolute atomic E-state index is 13.8. The van der Waals surface area contributed by atoms with Crippen LogP contribution >= 0.6 is 0 Å². The predicted molar refractivity (Wildman–Crippen MR) is 87.1 cm³/mol. The van der Waals surface area contributed by atoms with Crippen molar-refractivity contribution in [3.8, 4) is 0 Å². The van der Waals surface area contributed by atoms with E-state index in [1.54, 1.807) is 4.90 Å². The molecule has 1 fully saturated rings. The molecule has 0 bridgehead atoms. The lowest BCUT2D eigenvalue weighted by Gasteiger charge is -2.33. The van der Waals surface area contributed by atoms with Gasteiger partial charge in [0.05, 0.1) is 30.6 Å². The van der Waals surface area contributed by atoms with Gasteiger partial charge in [0.15, 0.2) is 0 Å². The number of aromatic amines is 1. The first-order valence-electron chi connectivity index (χ1n) is 7.81. The SMILES string of the molecule is O=C(c1cc(F)cc2[nH]cnc12)N1CCO[C@H](c2ccccc2)C1. The maximum atomic E-state index is 13.8. The molecule has 1 N–H and O–H groups in total. The van der Waals surface area contributed by atoms with Crippen molar-refractivity contribution >= 4 is 16.9 Å². The lowest BCUT2D eigenvalue weighted by atomic mass is 10.1. The van der Waals surface area contributed by atoms with Crippen molar-refractivity contribution in [1.82, 2.24) is 14.9 Å². The van der Waals surface area contributed by atoms with Gasteiger partial charge >= 0.3 is 0 Å². The molecule has 0 saturated carbocycles. The van der Waals surface area contributed by atoms with E-state index in [-0.39, 0.29) is 17.6 Å². The van der Waals surface area contributed by atoms with Gasteiger partial charge in [-0.25, -0.2) is 9.37 Å². The van der Waals surface area contributed by atoms with E-state index in [9.17, 15) is 9.18 Å². The molecule has 3 aromatic rings. The number of carbonyl (C=O) groups is 1. The van der Waals surface area contributed by atoms with Crippen LogP contribution in [0.3, 0.4) is 0 Å². The maximum Gasteiger partial charge on any atom is 0.256 e. The van der Waals surface area contributed by atoms with Crippen LogP contribution in [0.4, 0.5) is 4.39 Å². The summed E-state index contributed by atoms with van der Waals surface area (Å²) in [6, 6.07) is 12.4. The Morgan fingerprint density at radius 2 is 2.12 bits per heavy atom. The number of morpholine rings is 1. The minimum absolute atomic E-state index is 0.174. The number of benzene rings is 2. The number of ether oxygens (including phenoxy) is 1. The number of fused-ring (bicyclic) bond motifs is 1. The van der Waals surface area contributed by atoms with Gasteiger partial charge in [-0.1, -0.05) is 30.3 Å². The van der Waals surface area contributed by atoms with E-state index in [0.717, 1.165) is 5.56 Å². The largest absolute Gasteiger partial charge is 0.370 e. The third kappa shape index (κ3) is 2.65. The van der Waals surface area contributed by atoms with Gasteiger partial charge in [-0.05, 0) is 17.7 Å². The Hall–Kier alpha value is -2.73. The number of aromatic nitrogens is 2. The molecule has 0 radical (unpaired) electrons. The molecular formula is C18H16FN3O2. The summed E-state index contributed by atoms with van der Waals surface area (Å²) in [5, 5.41) is 0. The smallest absolute Gasteiger partial charge is 0.256 e. The van der Waals surface area contributed by atoms with E-state index >= 15 is 0 Å². The average Bonchev–Trinajstić information content (AvgIpc) is 3.09. The number of imidazole rings is 1. The van der Waals surface area contributed by atoms with Crippen LogP contribution in [-0.2, 0) is 4.74 Å². The minimum Gasteiger partial charge on any atom is -0.370 e. The first kappa shape index (κ1) is 14.8. The Bertz CT molecular complexity index is 878. The van der Waals surface area contributed by atoms with E-state index in [1.807, 2.05) is 30.3 Å². The molecule has 4 rings (SSSR count). The van der Waals surface area contributed by atoms with E-state index in [4.69, 9.17) is 4.74 Å². The average molecular weight is 325 g/mol. The number of rotatable bonds is 2. The highest BCUT2D eigenvalue weighted by Crippen LogP contribution is 2.25. The van der Waals surface area contributed by atoms with E-state index < -0.39 is 5.82 Å². The Labute approximate surface area is 138 Å². The number of hydrogen-bond acceptors (Lipinski definition) is 3. The highest BCUT2D eigenvalue weighted by atomic mass is 19.1. The molecule has 0 aliphatic carbocycles. The monoisotopic (exact) mass is 325 g/mol. The van der Waals surface area contributed by atoms with Gasteiger partial charge in [-0.2, -0.15) is 0 Å². The number of hydrogen-bond donors (Lipinski definition) is 1. The standard InChI is InChI=1S/C18H16FN3O2/c19-13-8-14(17-15(9-13)20-11-21-17)18(23)22-6-7-24-16(10-22)12-4-2-1-3-5-12/h1-5,8-9,11,16H,6-7,10H2,(H,20,21)/t16-/m0/s1. The lowest BCUT2D eigenvalue weighted by molar-refractivity contribution is -0.0227. The molecule has 2 aromatic carbocycles. The number of halogens is 1. The number of amides is 1. The third-order valence-corrected chi connectivity index (χ3v) is 4.24. The normalized spacial score (nSPS) is 18.0. The lowest BCUT2D eigenvalue weighted by Crippen LogP contribution is -2.42. The Kier molecular flexibility index (Phi) is 3.74. The second-order valence-corrected chi connectivity index (χ2v) is 5.77. The summed E-state index contributed by atoms with van der Waals surface area (Å²) in [5.41, 5.74) is 2.31. The van der Waals surface area contributed by atoms with E-state index in [1.165, 1.54) is 18.5 Å². The zero-order valence-corrected chi connectivity index (χ0v) is 12.9. The highest BCUT2D eigenvalue weighted by Gasteiger charge is 2.27. The minimum atomic E-state index is -0.456. The second kappa shape index (κ2) is 6.05. The number of H-pyrrole nitrogens is 1. The summed E-state index contributed by atoms with van der Waals surface area (Å²) in [4.78, 5) is 21.6. The zero-order chi connectivity index (χ0) is 16.5. The van der Waals surface area contributed by atoms with Crippen LogP contribution < -0.4 is 0 Å². The molecular weight excluding hydrogens is 309 g/mol. The van der Waals surface area contributed by atoms with Crippen molar-refractivity contribution in [2.45, 2.75) is 6.10 Å². The third-order valence-electron chi connectivity index (χ3n) is 4.24. The van der Waals surface area contributed by atoms with Crippen molar-refractivity contribution < 1.29 is 13.9 Å². The second-order valence-electron chi connectivity index (χ2n) is 5.77. The number of carbonyl (C=O) groups excluding carboxylic acids is 1. The molecule has 24 heavy (non-hydrogen) atoms. The molecule has 1 saturated heterocycles. The fraction of sp³-hybridized carbons (Fsp3) is 0.222. The Morgan fingerprint density at radius 1 is 1.29 bits per heavy atom. The van der Waals surface area contributed by atoms with Crippen molar-refractivity contribution in [2.24, 2.45) is 0 Å². The fourth-order valence-electron chi connectivity index (χ4n) is 3.05. The molecule has 1 aromatic heterocycles. The number of nitrogens with zero attached hydrogens (tertiary/aromatic N) is 2. The summed E-state index contributed by atoms with van der Waals surface area (Å²) in [6.07, 6.45) is 1.29. The molecule has 1 amide bonds. The van der Waals surface area contributed by atoms with Crippen molar-refractivity contribution in [3.63, 3.8) is 0 Å². The Morgan fingerprint density at radius 3 is 2.96 bits per heavy atom. The van der Waals surface area contributed by atoms with Crippen LogP contribution in [0.15, 0.2) is 48.8 Å². The Balaban J connectivity index is 1.63. The molecule has 1 aliphatic rings. The molecule has 1 aliphatic heterocycles. The first-order valence-corrected chi connectivity index (χ1v) is 7.81. The molecule has 2 heterocycles. The van der Waals surface area contributed by atoms with E-state index in [0.29, 0.717) is 30.7 Å². The van der Waals surface area contributed by atoms with Crippen molar-refractivity contribution in [1.29, 1.82) is 0 Å². The van der Waals surface area contributed by atoms with Gasteiger partial charge in [0.1, 0.15) is 17.4 Å². The molecule has 0 unspecified atom stereocenters. The predicted octanol–water partition coefficient (Wildman–Crippen LogP) is 2.92. The molecule has 122 valence electrons. The fourth-order valence-corrected chi connectivity index (χ4v) is 3.05. The quantitative estimate of drug-likeness (QED) is 0.788. The van der Waals surface area contributed by atoms with Gasteiger partial charge in [0.25, 0.3) is 5.91 Å². The van der Waals surface area contributed by atoms with Crippen LogP contribution in [-0.4, -0.2) is 40.5 Å². The topological polar surface area (TPSA) is 58.2 Å². The summed E-state index contributed by atoms with van der Waals surface area (Å²) in [6.45, 7) is 1.36. The van der Waals surface area contributed by atoms with Crippen LogP contribution in [0.25, 0.3) is 11.0 Å². The van der Waals surface area contributed by atoms with Crippen LogP contribution in [0.5, 0.6) is 0 Å². The molecule has 1 atom stereocenters. The van der Waals surface area contributed by atoms with Gasteiger partial charge in [0.2, 0.25) is 0 Å².